The topological polar surface area (TPSA) is 69.6 Å². The zero-order valence-corrected chi connectivity index (χ0v) is 18.7. The third-order valence-corrected chi connectivity index (χ3v) is 5.40. The van der Waals surface area contributed by atoms with Crippen LogP contribution in [0, 0.1) is 6.92 Å². The van der Waals surface area contributed by atoms with Gasteiger partial charge in [0, 0.05) is 39.8 Å². The van der Waals surface area contributed by atoms with Crippen LogP contribution in [0.1, 0.15) is 37.3 Å². The van der Waals surface area contributed by atoms with Crippen molar-refractivity contribution in [2.45, 2.75) is 45.8 Å². The summed E-state index contributed by atoms with van der Waals surface area (Å²) in [5.41, 5.74) is 2.35. The zero-order chi connectivity index (χ0) is 21.2. The molecule has 0 amide bonds. The minimum Gasteiger partial charge on any atom is -0.493 e. The third-order valence-electron chi connectivity index (χ3n) is 5.40. The molecule has 1 saturated heterocycles. The van der Waals surface area contributed by atoms with Gasteiger partial charge in [0.2, 0.25) is 0 Å². The molecule has 2 rings (SSSR count). The number of ether oxygens (including phenoxy) is 2. The first-order valence-electron chi connectivity index (χ1n) is 10.6. The molecular formula is C22H38N4O3. The van der Waals surface area contributed by atoms with E-state index in [1.54, 1.807) is 14.2 Å². The van der Waals surface area contributed by atoms with Gasteiger partial charge in [0.15, 0.2) is 17.5 Å². The van der Waals surface area contributed by atoms with Crippen molar-refractivity contribution < 1.29 is 14.6 Å². The first-order valence-corrected chi connectivity index (χ1v) is 10.6. The lowest BCUT2D eigenvalue weighted by Gasteiger charge is -2.29. The number of hydrogen-bond acceptors (Lipinski definition) is 5. The fourth-order valence-electron chi connectivity index (χ4n) is 3.62. The largest absolute Gasteiger partial charge is 0.493 e. The molecule has 0 bridgehead atoms. The standard InChI is InChI=1S/C22H38N4O3/c1-6-23-22(24-10-7-11-26-12-8-19(27)9-13-26)25(3)16-18-15-21(29-5)20(28-4)14-17(18)2/h14-15,19,27H,6-13,16H2,1-5H3,(H,23,24). The highest BCUT2D eigenvalue weighted by atomic mass is 16.5. The van der Waals surface area contributed by atoms with E-state index >= 15 is 0 Å². The molecule has 7 heteroatoms. The van der Waals surface area contributed by atoms with Gasteiger partial charge in [0.25, 0.3) is 0 Å². The number of aryl methyl sites for hydroxylation is 1. The summed E-state index contributed by atoms with van der Waals surface area (Å²) in [6.07, 6.45) is 2.69. The predicted molar refractivity (Wildman–Crippen MR) is 118 cm³/mol. The molecular weight excluding hydrogens is 368 g/mol. The Hall–Kier alpha value is -1.99. The van der Waals surface area contributed by atoms with Gasteiger partial charge in [0.1, 0.15) is 0 Å². The second-order valence-corrected chi connectivity index (χ2v) is 7.65. The maximum atomic E-state index is 9.62. The fourth-order valence-corrected chi connectivity index (χ4v) is 3.62. The van der Waals surface area contributed by atoms with Gasteiger partial charge >= 0.3 is 0 Å². The Bertz CT molecular complexity index is 658. The van der Waals surface area contributed by atoms with E-state index in [-0.39, 0.29) is 6.10 Å². The Morgan fingerprint density at radius 3 is 2.52 bits per heavy atom. The second-order valence-electron chi connectivity index (χ2n) is 7.65. The first kappa shape index (κ1) is 23.3. The van der Waals surface area contributed by atoms with Crippen LogP contribution in [0.2, 0.25) is 0 Å². The van der Waals surface area contributed by atoms with Crippen LogP contribution in [0.5, 0.6) is 11.5 Å². The normalized spacial score (nSPS) is 16.0. The van der Waals surface area contributed by atoms with E-state index < -0.39 is 0 Å². The number of aliphatic hydroxyl groups excluding tert-OH is 1. The van der Waals surface area contributed by atoms with Crippen molar-refractivity contribution in [2.75, 3.05) is 54.0 Å². The summed E-state index contributed by atoms with van der Waals surface area (Å²) < 4.78 is 10.8. The van der Waals surface area contributed by atoms with Crippen molar-refractivity contribution in [1.29, 1.82) is 0 Å². The van der Waals surface area contributed by atoms with Crippen molar-refractivity contribution in [2.24, 2.45) is 4.99 Å². The highest BCUT2D eigenvalue weighted by Gasteiger charge is 2.16. The average Bonchev–Trinajstić information content (AvgIpc) is 2.72. The third kappa shape index (κ3) is 7.08. The Labute approximate surface area is 175 Å². The molecule has 1 aromatic carbocycles. The minimum absolute atomic E-state index is 0.113. The van der Waals surface area contributed by atoms with Crippen molar-refractivity contribution in [3.63, 3.8) is 0 Å². The number of rotatable bonds is 9. The van der Waals surface area contributed by atoms with E-state index in [0.29, 0.717) is 0 Å². The lowest BCUT2D eigenvalue weighted by molar-refractivity contribution is 0.0824. The molecule has 1 fully saturated rings. The molecule has 0 aromatic heterocycles. The summed E-state index contributed by atoms with van der Waals surface area (Å²) in [4.78, 5) is 9.38. The first-order chi connectivity index (χ1) is 14.0. The number of hydrogen-bond donors (Lipinski definition) is 2. The van der Waals surface area contributed by atoms with Crippen molar-refractivity contribution in [3.8, 4) is 11.5 Å². The molecule has 2 N–H and O–H groups in total. The summed E-state index contributed by atoms with van der Waals surface area (Å²) in [5, 5.41) is 13.0. The van der Waals surface area contributed by atoms with Gasteiger partial charge in [-0.15, -0.1) is 0 Å². The summed E-state index contributed by atoms with van der Waals surface area (Å²) in [5.74, 6) is 2.41. The van der Waals surface area contributed by atoms with Gasteiger partial charge in [-0.25, -0.2) is 0 Å². The maximum Gasteiger partial charge on any atom is 0.193 e. The lowest BCUT2D eigenvalue weighted by Crippen LogP contribution is -2.39. The van der Waals surface area contributed by atoms with Crippen molar-refractivity contribution in [3.05, 3.63) is 23.3 Å². The van der Waals surface area contributed by atoms with E-state index in [1.807, 2.05) is 12.1 Å². The Balaban J connectivity index is 1.94. The molecule has 0 aliphatic carbocycles. The van der Waals surface area contributed by atoms with Gasteiger partial charge in [0.05, 0.1) is 20.3 Å². The van der Waals surface area contributed by atoms with Crippen molar-refractivity contribution in [1.82, 2.24) is 15.1 Å². The van der Waals surface area contributed by atoms with Crippen LogP contribution in [0.3, 0.4) is 0 Å². The molecule has 0 atom stereocenters. The highest BCUT2D eigenvalue weighted by Crippen LogP contribution is 2.30. The van der Waals surface area contributed by atoms with Crippen LogP contribution in [-0.4, -0.2) is 81.0 Å². The molecule has 1 aliphatic heterocycles. The SMILES string of the molecule is CCNC(=NCCCN1CCC(O)CC1)N(C)Cc1cc(OC)c(OC)cc1C. The second kappa shape index (κ2) is 11.9. The Morgan fingerprint density at radius 2 is 1.90 bits per heavy atom. The van der Waals surface area contributed by atoms with Crippen LogP contribution in [0.4, 0.5) is 0 Å². The molecule has 164 valence electrons. The number of benzene rings is 1. The zero-order valence-electron chi connectivity index (χ0n) is 18.7. The number of likely N-dealkylation sites (tertiary alicyclic amines) is 1. The predicted octanol–water partition coefficient (Wildman–Crippen LogP) is 2.26. The lowest BCUT2D eigenvalue weighted by atomic mass is 10.1. The summed E-state index contributed by atoms with van der Waals surface area (Å²) >= 11 is 0. The highest BCUT2D eigenvalue weighted by molar-refractivity contribution is 5.79. The van der Waals surface area contributed by atoms with Gasteiger partial charge in [-0.3, -0.25) is 4.99 Å². The number of piperidine rings is 1. The minimum atomic E-state index is -0.113. The Morgan fingerprint density at radius 1 is 1.24 bits per heavy atom. The molecule has 0 unspecified atom stereocenters. The molecule has 1 heterocycles. The molecule has 0 radical (unpaired) electrons. The van der Waals surface area contributed by atoms with Crippen molar-refractivity contribution >= 4 is 5.96 Å². The molecule has 1 aliphatic rings. The maximum absolute atomic E-state index is 9.62. The summed E-state index contributed by atoms with van der Waals surface area (Å²) in [7, 11) is 5.38. The number of nitrogens with one attached hydrogen (secondary N) is 1. The number of aliphatic imine (C=N–C) groups is 1. The summed E-state index contributed by atoms with van der Waals surface area (Å²) in [6, 6.07) is 4.06. The molecule has 7 nitrogen and oxygen atoms in total. The van der Waals surface area contributed by atoms with Gasteiger partial charge in [-0.2, -0.15) is 0 Å². The quantitative estimate of drug-likeness (QED) is 0.372. The Kier molecular flexibility index (Phi) is 9.54. The van der Waals surface area contributed by atoms with E-state index in [0.717, 1.165) is 81.6 Å². The van der Waals surface area contributed by atoms with Crippen LogP contribution in [-0.2, 0) is 6.54 Å². The van der Waals surface area contributed by atoms with E-state index in [2.05, 4.69) is 36.0 Å². The molecule has 0 saturated carbocycles. The smallest absolute Gasteiger partial charge is 0.193 e. The van der Waals surface area contributed by atoms with Crippen LogP contribution < -0.4 is 14.8 Å². The molecule has 1 aromatic rings. The monoisotopic (exact) mass is 406 g/mol. The fraction of sp³-hybridized carbons (Fsp3) is 0.682. The van der Waals surface area contributed by atoms with Crippen LogP contribution >= 0.6 is 0 Å². The van der Waals surface area contributed by atoms with Crippen LogP contribution in [0.15, 0.2) is 17.1 Å². The number of methoxy groups -OCH3 is 2. The van der Waals surface area contributed by atoms with E-state index in [4.69, 9.17) is 14.5 Å². The van der Waals surface area contributed by atoms with Gasteiger partial charge in [-0.05, 0) is 62.9 Å². The van der Waals surface area contributed by atoms with E-state index in [1.165, 1.54) is 5.56 Å². The average molecular weight is 407 g/mol. The molecule has 0 spiro atoms. The molecule has 29 heavy (non-hydrogen) atoms. The van der Waals surface area contributed by atoms with Gasteiger partial charge in [-0.1, -0.05) is 0 Å². The van der Waals surface area contributed by atoms with Gasteiger partial charge < -0.3 is 29.7 Å². The van der Waals surface area contributed by atoms with Crippen LogP contribution in [0.25, 0.3) is 0 Å². The van der Waals surface area contributed by atoms with E-state index in [9.17, 15) is 5.11 Å². The number of guanidine groups is 1. The number of aliphatic hydroxyl groups is 1. The number of nitrogens with zero attached hydrogens (tertiary/aromatic N) is 3. The summed E-state index contributed by atoms with van der Waals surface area (Å²) in [6.45, 7) is 9.55.